The average Bonchev–Trinajstić information content (AvgIpc) is 3.23. The van der Waals surface area contributed by atoms with E-state index in [0.717, 1.165) is 38.3 Å². The van der Waals surface area contributed by atoms with E-state index in [-0.39, 0.29) is 36.3 Å². The normalized spacial score (nSPS) is 19.8. The number of rotatable bonds is 11. The summed E-state index contributed by atoms with van der Waals surface area (Å²) < 4.78 is 41.0. The van der Waals surface area contributed by atoms with E-state index >= 15 is 0 Å². The van der Waals surface area contributed by atoms with Crippen molar-refractivity contribution >= 4 is 29.4 Å². The van der Waals surface area contributed by atoms with Crippen LogP contribution in [0.4, 0.5) is 13.2 Å². The van der Waals surface area contributed by atoms with Crippen LogP contribution in [0.15, 0.2) is 11.8 Å². The predicted molar refractivity (Wildman–Crippen MR) is 125 cm³/mol. The van der Waals surface area contributed by atoms with E-state index in [0.29, 0.717) is 13.0 Å². The summed E-state index contributed by atoms with van der Waals surface area (Å²) in [5, 5.41) is 9.91. The Hall–Kier alpha value is -2.96. The van der Waals surface area contributed by atoms with Crippen molar-refractivity contribution < 1.29 is 41.9 Å². The van der Waals surface area contributed by atoms with Crippen molar-refractivity contribution in [3.63, 3.8) is 0 Å². The van der Waals surface area contributed by atoms with Crippen LogP contribution in [0.5, 0.6) is 0 Å². The molecule has 1 heterocycles. The first-order valence-corrected chi connectivity index (χ1v) is 12.5. The number of nitrogens with one attached hydrogen (secondary N) is 4. The number of ketones is 1. The first-order valence-electron chi connectivity index (χ1n) is 12.5. The lowest BCUT2D eigenvalue weighted by Crippen LogP contribution is -2.46. The van der Waals surface area contributed by atoms with Gasteiger partial charge in [-0.05, 0) is 38.0 Å². The molecule has 0 spiro atoms. The van der Waals surface area contributed by atoms with Crippen LogP contribution in [-0.4, -0.2) is 61.0 Å². The quantitative estimate of drug-likeness (QED) is 0.235. The van der Waals surface area contributed by atoms with Crippen LogP contribution in [0.2, 0.25) is 0 Å². The van der Waals surface area contributed by atoms with Gasteiger partial charge >= 0.3 is 18.2 Å². The zero-order chi connectivity index (χ0) is 27.6. The number of carbonyl (C=O) groups excluding carboxylic acids is 5. The Kier molecular flexibility index (Phi) is 11.5. The van der Waals surface area contributed by atoms with Crippen molar-refractivity contribution in [3.05, 3.63) is 11.8 Å². The fraction of sp³-hybridized carbons (Fsp3) is 0.708. The van der Waals surface area contributed by atoms with Gasteiger partial charge in [0.05, 0.1) is 6.04 Å². The van der Waals surface area contributed by atoms with Gasteiger partial charge in [-0.25, -0.2) is 0 Å². The van der Waals surface area contributed by atoms with Gasteiger partial charge in [-0.15, -0.1) is 13.2 Å². The Morgan fingerprint density at radius 2 is 1.73 bits per heavy atom. The first kappa shape index (κ1) is 30.3. The molecule has 13 heteroatoms. The van der Waals surface area contributed by atoms with Gasteiger partial charge in [-0.2, -0.15) is 0 Å². The lowest BCUT2D eigenvalue weighted by atomic mass is 9.95. The molecule has 208 valence electrons. The lowest BCUT2D eigenvalue weighted by molar-refractivity contribution is -0.321. The molecule has 0 aromatic heterocycles. The number of hydrogen-bond donors (Lipinski definition) is 4. The molecular formula is C24H35F3N4O6. The highest BCUT2D eigenvalue weighted by molar-refractivity contribution is 6.35. The van der Waals surface area contributed by atoms with E-state index in [1.165, 1.54) is 0 Å². The van der Waals surface area contributed by atoms with E-state index in [4.69, 9.17) is 0 Å². The smallest absolute Gasteiger partial charge is 0.356 e. The third-order valence-corrected chi connectivity index (χ3v) is 6.20. The standard InChI is InChI=1S/C24H35F3N4O6/c1-14(2)10-16(12-29-22(35)23(36)30-17-6-4-3-5-7-17)21(34)31-18(11-15-8-9-28-20(15)33)19(32)13-37-24(25,26)27/h12,14-15,17-18H,3-11,13H2,1-2H3,(H,28,33)(H,29,35)(H,30,36)(H,31,34)/b16-12-/t15-,18-/m0/s1. The van der Waals surface area contributed by atoms with E-state index in [9.17, 15) is 37.1 Å². The molecule has 1 saturated heterocycles. The topological polar surface area (TPSA) is 143 Å². The molecule has 2 fully saturated rings. The van der Waals surface area contributed by atoms with Gasteiger partial charge in [0.15, 0.2) is 5.78 Å². The largest absolute Gasteiger partial charge is 0.522 e. The summed E-state index contributed by atoms with van der Waals surface area (Å²) in [4.78, 5) is 62.0. The van der Waals surface area contributed by atoms with Gasteiger partial charge in [0.25, 0.3) is 0 Å². The van der Waals surface area contributed by atoms with Crippen LogP contribution >= 0.6 is 0 Å². The minimum absolute atomic E-state index is 0.0132. The highest BCUT2D eigenvalue weighted by atomic mass is 19.4. The molecule has 0 unspecified atom stereocenters. The number of amides is 4. The number of carbonyl (C=O) groups is 5. The number of ether oxygens (including phenoxy) is 1. The van der Waals surface area contributed by atoms with E-state index in [1.54, 1.807) is 13.8 Å². The maximum Gasteiger partial charge on any atom is 0.522 e. The molecule has 0 aromatic carbocycles. The van der Waals surface area contributed by atoms with Gasteiger partial charge in [0, 0.05) is 30.3 Å². The van der Waals surface area contributed by atoms with Crippen LogP contribution in [0.3, 0.4) is 0 Å². The summed E-state index contributed by atoms with van der Waals surface area (Å²) >= 11 is 0. The van der Waals surface area contributed by atoms with E-state index in [1.807, 2.05) is 0 Å². The van der Waals surface area contributed by atoms with Crippen molar-refractivity contribution in [3.8, 4) is 0 Å². The monoisotopic (exact) mass is 532 g/mol. The summed E-state index contributed by atoms with van der Waals surface area (Å²) in [7, 11) is 0. The molecule has 2 aliphatic rings. The summed E-state index contributed by atoms with van der Waals surface area (Å²) in [5.41, 5.74) is 0.0132. The Morgan fingerprint density at radius 3 is 2.30 bits per heavy atom. The van der Waals surface area contributed by atoms with Crippen LogP contribution in [0.1, 0.15) is 65.2 Å². The maximum absolute atomic E-state index is 13.0. The second-order valence-corrected chi connectivity index (χ2v) is 9.79. The van der Waals surface area contributed by atoms with Crippen LogP contribution < -0.4 is 21.3 Å². The van der Waals surface area contributed by atoms with E-state index < -0.39 is 48.4 Å². The molecule has 0 aromatic rings. The molecule has 4 N–H and O–H groups in total. The molecule has 2 atom stereocenters. The molecule has 37 heavy (non-hydrogen) atoms. The number of halogens is 3. The molecule has 4 amide bonds. The number of Topliss-reactive ketones (excluding diaryl/α,β-unsaturated/α-hetero) is 1. The molecule has 0 radical (unpaired) electrons. The third kappa shape index (κ3) is 10.9. The molecular weight excluding hydrogens is 497 g/mol. The molecule has 2 rings (SSSR count). The second kappa shape index (κ2) is 14.1. The molecule has 1 aliphatic carbocycles. The van der Waals surface area contributed by atoms with Crippen LogP contribution in [0, 0.1) is 11.8 Å². The highest BCUT2D eigenvalue weighted by Crippen LogP contribution is 2.20. The van der Waals surface area contributed by atoms with E-state index in [2.05, 4.69) is 26.0 Å². The van der Waals surface area contributed by atoms with Gasteiger partial charge in [0.2, 0.25) is 11.8 Å². The van der Waals surface area contributed by atoms with Gasteiger partial charge in [0.1, 0.15) is 6.61 Å². The average molecular weight is 533 g/mol. The fourth-order valence-electron chi connectivity index (χ4n) is 4.30. The molecule has 1 aliphatic heterocycles. The van der Waals surface area contributed by atoms with Crippen molar-refractivity contribution in [2.45, 2.75) is 83.7 Å². The minimum Gasteiger partial charge on any atom is -0.356 e. The Morgan fingerprint density at radius 1 is 1.05 bits per heavy atom. The van der Waals surface area contributed by atoms with Gasteiger partial charge < -0.3 is 21.3 Å². The molecule has 1 saturated carbocycles. The third-order valence-electron chi connectivity index (χ3n) is 6.20. The Balaban J connectivity index is 2.09. The molecule has 0 bridgehead atoms. The summed E-state index contributed by atoms with van der Waals surface area (Å²) in [6.45, 7) is 2.61. The number of hydrogen-bond acceptors (Lipinski definition) is 6. The zero-order valence-corrected chi connectivity index (χ0v) is 21.0. The van der Waals surface area contributed by atoms with Crippen molar-refractivity contribution in [2.24, 2.45) is 11.8 Å². The van der Waals surface area contributed by atoms with Gasteiger partial charge in [-0.3, -0.25) is 28.7 Å². The van der Waals surface area contributed by atoms with Crippen LogP contribution in [-0.2, 0) is 28.7 Å². The zero-order valence-electron chi connectivity index (χ0n) is 21.0. The lowest BCUT2D eigenvalue weighted by Gasteiger charge is -2.22. The minimum atomic E-state index is -5.04. The first-order chi connectivity index (χ1) is 17.4. The number of alkyl halides is 3. The van der Waals surface area contributed by atoms with Crippen molar-refractivity contribution in [1.82, 2.24) is 21.3 Å². The van der Waals surface area contributed by atoms with Crippen molar-refractivity contribution in [2.75, 3.05) is 13.2 Å². The Labute approximate surface area is 213 Å². The van der Waals surface area contributed by atoms with Gasteiger partial charge in [-0.1, -0.05) is 33.1 Å². The Bertz CT molecular complexity index is 884. The highest BCUT2D eigenvalue weighted by Gasteiger charge is 2.35. The molecule has 10 nitrogen and oxygen atoms in total. The summed E-state index contributed by atoms with van der Waals surface area (Å²) in [6, 6.07) is -1.52. The SMILES string of the molecule is CC(C)C/C(=C/NC(=O)C(=O)NC1CCCCC1)C(=O)N[C@@H](C[C@@H]1CCNC1=O)C(=O)COC(F)(F)F. The van der Waals surface area contributed by atoms with Crippen molar-refractivity contribution in [1.29, 1.82) is 0 Å². The maximum atomic E-state index is 13.0. The summed E-state index contributed by atoms with van der Waals surface area (Å²) in [5.74, 6) is -4.77. The predicted octanol–water partition coefficient (Wildman–Crippen LogP) is 1.60. The fourth-order valence-corrected chi connectivity index (χ4v) is 4.30. The summed E-state index contributed by atoms with van der Waals surface area (Å²) in [6.07, 6.45) is 0.872. The second-order valence-electron chi connectivity index (χ2n) is 9.79. The van der Waals surface area contributed by atoms with Crippen LogP contribution in [0.25, 0.3) is 0 Å².